The Morgan fingerprint density at radius 2 is 2.00 bits per heavy atom. The molecular weight excluding hydrogens is 472 g/mol. The first kappa shape index (κ1) is 22.0. The average molecular weight is 498 g/mol. The van der Waals surface area contributed by atoms with Gasteiger partial charge in [0, 0.05) is 25.3 Å². The normalized spacial score (nSPS) is 24.3. The molecule has 0 N–H and O–H groups in total. The number of ether oxygens (including phenoxy) is 1. The molecule has 0 aromatic carbocycles. The summed E-state index contributed by atoms with van der Waals surface area (Å²) in [4.78, 5) is 12.4. The fraction of sp³-hybridized carbons (Fsp3) is 0.500. The maximum absolute atomic E-state index is 12.3. The fourth-order valence-corrected chi connectivity index (χ4v) is 3.70. The molecule has 0 fully saturated rings. The van der Waals surface area contributed by atoms with Gasteiger partial charge in [0.05, 0.1) is 4.83 Å². The van der Waals surface area contributed by atoms with Crippen LogP contribution in [-0.4, -0.2) is 10.9 Å². The molecule has 0 saturated carbocycles. The molecule has 0 radical (unpaired) electrons. The fourth-order valence-electron chi connectivity index (χ4n) is 2.72. The predicted octanol–water partition coefficient (Wildman–Crippen LogP) is 6.34. The van der Waals surface area contributed by atoms with Crippen molar-refractivity contribution in [1.82, 2.24) is 0 Å². The van der Waals surface area contributed by atoms with Gasteiger partial charge in [0.2, 0.25) is 5.43 Å². The van der Waals surface area contributed by atoms with Crippen molar-refractivity contribution in [3.63, 3.8) is 0 Å². The number of rotatable bonds is 1. The molecule has 0 spiro atoms. The molecular formula is C22H26Br2O3. The number of allylic oxidation sites excluding steroid dienone is 4. The molecule has 1 aromatic heterocycles. The summed E-state index contributed by atoms with van der Waals surface area (Å²) in [6.07, 6.45) is 15.3. The maximum atomic E-state index is 12.3. The van der Waals surface area contributed by atoms with Crippen LogP contribution >= 0.6 is 31.9 Å². The monoisotopic (exact) mass is 496 g/mol. The quantitative estimate of drug-likeness (QED) is 0.258. The Kier molecular flexibility index (Phi) is 10.0. The van der Waals surface area contributed by atoms with Crippen molar-refractivity contribution in [2.24, 2.45) is 0 Å². The van der Waals surface area contributed by atoms with Crippen molar-refractivity contribution in [3.05, 3.63) is 50.8 Å². The summed E-state index contributed by atoms with van der Waals surface area (Å²) in [5.74, 6) is 7.31. The Hall–Kier alpha value is -1.25. The zero-order valence-corrected chi connectivity index (χ0v) is 18.9. The molecule has 2 bridgehead atoms. The Bertz CT molecular complexity index is 768. The number of hydrogen-bond acceptors (Lipinski definition) is 3. The highest BCUT2D eigenvalue weighted by Gasteiger charge is 2.21. The summed E-state index contributed by atoms with van der Waals surface area (Å²) >= 11 is 7.04. The van der Waals surface area contributed by atoms with Gasteiger partial charge in [0.25, 0.3) is 0 Å². The van der Waals surface area contributed by atoms with Gasteiger partial charge in [-0.15, -0.1) is 5.92 Å². The Balaban J connectivity index is 2.20. The Labute approximate surface area is 178 Å². The van der Waals surface area contributed by atoms with Crippen molar-refractivity contribution in [2.45, 2.75) is 69.2 Å². The van der Waals surface area contributed by atoms with E-state index in [1.165, 1.54) is 0 Å². The van der Waals surface area contributed by atoms with E-state index in [-0.39, 0.29) is 22.3 Å². The van der Waals surface area contributed by atoms with Crippen molar-refractivity contribution in [2.75, 3.05) is 0 Å². The van der Waals surface area contributed by atoms with E-state index >= 15 is 0 Å². The largest absolute Gasteiger partial charge is 0.460 e. The summed E-state index contributed by atoms with van der Waals surface area (Å²) in [7, 11) is 0. The third kappa shape index (κ3) is 7.71. The smallest absolute Gasteiger partial charge is 0.303 e. The van der Waals surface area contributed by atoms with Crippen LogP contribution in [0, 0.1) is 11.8 Å². The highest BCUT2D eigenvalue weighted by Crippen LogP contribution is 2.28. The van der Waals surface area contributed by atoms with Crippen LogP contribution in [0.25, 0.3) is 0 Å². The molecule has 2 heterocycles. The summed E-state index contributed by atoms with van der Waals surface area (Å²) < 4.78 is 12.3. The van der Waals surface area contributed by atoms with Crippen molar-refractivity contribution < 1.29 is 9.15 Å². The lowest BCUT2D eigenvalue weighted by atomic mass is 10.1. The molecule has 1 aliphatic rings. The van der Waals surface area contributed by atoms with Gasteiger partial charge in [0.15, 0.2) is 0 Å². The molecule has 0 unspecified atom stereocenters. The van der Waals surface area contributed by atoms with Crippen LogP contribution in [0.5, 0.6) is 5.95 Å². The van der Waals surface area contributed by atoms with Gasteiger partial charge in [0.1, 0.15) is 16.3 Å². The van der Waals surface area contributed by atoms with E-state index in [2.05, 4.69) is 74.9 Å². The molecule has 0 saturated heterocycles. The number of hydrogen-bond donors (Lipinski definition) is 0. The standard InChI is InChI=1S/C22H26Br2O3/c1-2-20-18(23)15-13-11-9-7-5-3-4-6-8-10-12-14-17-16-19(25)21(24)22(26-17)27-20/h5,7,11,13,16,18,20H,2-3,8-10,12,14-15H2,1H3/b7-5-,13-11-/t18-,20+/m0/s1. The topological polar surface area (TPSA) is 39.4 Å². The summed E-state index contributed by atoms with van der Waals surface area (Å²) in [6.45, 7) is 2.07. The van der Waals surface area contributed by atoms with Gasteiger partial charge >= 0.3 is 5.95 Å². The van der Waals surface area contributed by atoms with Crippen LogP contribution in [-0.2, 0) is 6.42 Å². The molecule has 0 amide bonds. The van der Waals surface area contributed by atoms with Gasteiger partial charge in [-0.1, -0.05) is 53.1 Å². The zero-order valence-electron chi connectivity index (χ0n) is 15.7. The number of alkyl halides is 1. The lowest BCUT2D eigenvalue weighted by Crippen LogP contribution is -2.27. The van der Waals surface area contributed by atoms with Gasteiger partial charge in [-0.05, 0) is 48.0 Å². The first-order valence-electron chi connectivity index (χ1n) is 9.50. The molecule has 146 valence electrons. The van der Waals surface area contributed by atoms with Gasteiger partial charge in [-0.2, -0.15) is 0 Å². The van der Waals surface area contributed by atoms with Gasteiger partial charge < -0.3 is 9.15 Å². The van der Waals surface area contributed by atoms with Gasteiger partial charge in [-0.25, -0.2) is 0 Å². The number of halogens is 2. The summed E-state index contributed by atoms with van der Waals surface area (Å²) in [5, 5.41) is 0. The maximum Gasteiger partial charge on any atom is 0.303 e. The SMILES string of the molecule is CC[C@H]1Oc2oc(cc(=O)c2Br)CCCCC#CC/C=C\C/C=C\C[C@@H]1Br. The molecule has 27 heavy (non-hydrogen) atoms. The Morgan fingerprint density at radius 3 is 2.81 bits per heavy atom. The number of fused-ring (bicyclic) bond motifs is 2. The summed E-state index contributed by atoms with van der Waals surface area (Å²) in [5.41, 5.74) is -0.108. The third-order valence-corrected chi connectivity index (χ3v) is 5.94. The highest BCUT2D eigenvalue weighted by molar-refractivity contribution is 9.10. The van der Waals surface area contributed by atoms with Crippen molar-refractivity contribution >= 4 is 31.9 Å². The first-order chi connectivity index (χ1) is 13.1. The van der Waals surface area contributed by atoms with Crippen LogP contribution in [0.3, 0.4) is 0 Å². The zero-order chi connectivity index (χ0) is 19.5. The molecule has 0 aliphatic carbocycles. The van der Waals surface area contributed by atoms with E-state index in [1.807, 2.05) is 0 Å². The van der Waals surface area contributed by atoms with Gasteiger partial charge in [-0.3, -0.25) is 4.79 Å². The molecule has 2 atom stereocenters. The van der Waals surface area contributed by atoms with Crippen LogP contribution in [0.1, 0.15) is 57.6 Å². The molecule has 3 nitrogen and oxygen atoms in total. The first-order valence-corrected chi connectivity index (χ1v) is 11.2. The molecule has 1 aliphatic heterocycles. The lowest BCUT2D eigenvalue weighted by molar-refractivity contribution is 0.142. The van der Waals surface area contributed by atoms with Crippen LogP contribution in [0.15, 0.2) is 44.1 Å². The third-order valence-electron chi connectivity index (χ3n) is 4.26. The van der Waals surface area contributed by atoms with Crippen molar-refractivity contribution in [3.8, 4) is 17.8 Å². The van der Waals surface area contributed by atoms with E-state index < -0.39 is 0 Å². The van der Waals surface area contributed by atoms with E-state index in [0.717, 1.165) is 44.9 Å². The number of aryl methyl sites for hydroxylation is 1. The lowest BCUT2D eigenvalue weighted by Gasteiger charge is -2.21. The highest BCUT2D eigenvalue weighted by atomic mass is 79.9. The van der Waals surface area contributed by atoms with Crippen LogP contribution in [0.4, 0.5) is 0 Å². The van der Waals surface area contributed by atoms with E-state index in [0.29, 0.717) is 16.7 Å². The van der Waals surface area contributed by atoms with Crippen molar-refractivity contribution in [1.29, 1.82) is 0 Å². The van der Waals surface area contributed by atoms with Crippen LogP contribution in [0.2, 0.25) is 0 Å². The summed E-state index contributed by atoms with van der Waals surface area (Å²) in [6, 6.07) is 1.55. The van der Waals surface area contributed by atoms with E-state index in [1.54, 1.807) is 6.07 Å². The predicted molar refractivity (Wildman–Crippen MR) is 118 cm³/mol. The molecule has 1 aromatic rings. The minimum Gasteiger partial charge on any atom is -0.460 e. The minimum absolute atomic E-state index is 0.0876. The Morgan fingerprint density at radius 1 is 1.19 bits per heavy atom. The average Bonchev–Trinajstić information content (AvgIpc) is 2.66. The minimum atomic E-state index is -0.108. The molecule has 5 heteroatoms. The molecule has 2 rings (SSSR count). The van der Waals surface area contributed by atoms with E-state index in [4.69, 9.17) is 9.15 Å². The van der Waals surface area contributed by atoms with E-state index in [9.17, 15) is 4.79 Å². The second kappa shape index (κ2) is 12.3. The second-order valence-electron chi connectivity index (χ2n) is 6.44. The second-order valence-corrected chi connectivity index (χ2v) is 8.41. The van der Waals surface area contributed by atoms with Crippen LogP contribution < -0.4 is 10.2 Å².